The van der Waals surface area contributed by atoms with Gasteiger partial charge in [-0.2, -0.15) is 0 Å². The molecule has 0 bridgehead atoms. The molecule has 0 radical (unpaired) electrons. The number of likely N-dealkylation sites (tertiary alicyclic amines) is 1. The minimum absolute atomic E-state index is 0.00104. The largest absolute Gasteiger partial charge is 0.465 e. The maximum atomic E-state index is 12.0. The van der Waals surface area contributed by atoms with Crippen LogP contribution in [0.2, 0.25) is 0 Å². The van der Waals surface area contributed by atoms with Gasteiger partial charge >= 0.3 is 6.09 Å². The number of amides is 1. The third-order valence-electron chi connectivity index (χ3n) is 3.09. The van der Waals surface area contributed by atoms with Gasteiger partial charge in [0.1, 0.15) is 6.10 Å². The van der Waals surface area contributed by atoms with Crippen molar-refractivity contribution < 1.29 is 19.4 Å². The van der Waals surface area contributed by atoms with Crippen molar-refractivity contribution in [2.75, 3.05) is 6.54 Å². The molecular weight excluding hydrogens is 234 g/mol. The Labute approximate surface area is 108 Å². The van der Waals surface area contributed by atoms with Gasteiger partial charge in [0.2, 0.25) is 0 Å². The van der Waals surface area contributed by atoms with Crippen molar-refractivity contribution in [3.8, 4) is 0 Å². The Morgan fingerprint density at radius 3 is 2.39 bits per heavy atom. The summed E-state index contributed by atoms with van der Waals surface area (Å²) in [7, 11) is 0. The van der Waals surface area contributed by atoms with Crippen molar-refractivity contribution in [2.24, 2.45) is 5.41 Å². The second-order valence-electron chi connectivity index (χ2n) is 6.11. The molecule has 2 atom stereocenters. The van der Waals surface area contributed by atoms with Crippen LogP contribution in [-0.4, -0.2) is 46.7 Å². The van der Waals surface area contributed by atoms with Crippen molar-refractivity contribution in [1.29, 1.82) is 0 Å². The third kappa shape index (κ3) is 3.22. The molecular formula is C13H23NO4. The zero-order valence-electron chi connectivity index (χ0n) is 11.8. The molecule has 1 aliphatic rings. The average Bonchev–Trinajstić information content (AvgIpc) is 2.17. The Hall–Kier alpha value is -1.10. The highest BCUT2D eigenvalue weighted by molar-refractivity contribution is 5.86. The molecule has 1 fully saturated rings. The highest BCUT2D eigenvalue weighted by Crippen LogP contribution is 2.33. The number of carbonyl (C=O) groups is 2. The van der Waals surface area contributed by atoms with Gasteiger partial charge in [-0.15, -0.1) is 0 Å². The molecule has 0 spiro atoms. The summed E-state index contributed by atoms with van der Waals surface area (Å²) in [5.74, 6) is 0.00104. The number of carboxylic acid groups (broad SMARTS) is 1. The second-order valence-corrected chi connectivity index (χ2v) is 6.11. The van der Waals surface area contributed by atoms with Crippen molar-refractivity contribution in [3.05, 3.63) is 0 Å². The third-order valence-corrected chi connectivity index (χ3v) is 3.09. The summed E-state index contributed by atoms with van der Waals surface area (Å²) in [6, 6.07) is -0.432. The molecule has 0 aromatic carbocycles. The molecule has 0 aliphatic carbocycles. The number of hydrogen-bond donors (Lipinski definition) is 1. The first-order valence-corrected chi connectivity index (χ1v) is 6.32. The Bertz CT molecular complexity index is 332. The van der Waals surface area contributed by atoms with Gasteiger partial charge in [0.15, 0.2) is 5.78 Å². The smallest absolute Gasteiger partial charge is 0.407 e. The zero-order chi connectivity index (χ0) is 14.1. The van der Waals surface area contributed by atoms with Crippen LogP contribution in [0, 0.1) is 5.41 Å². The number of ether oxygens (including phenoxy) is 1. The first-order chi connectivity index (χ1) is 8.14. The van der Waals surface area contributed by atoms with Crippen molar-refractivity contribution in [2.45, 2.75) is 59.3 Å². The van der Waals surface area contributed by atoms with Crippen LogP contribution in [0.25, 0.3) is 0 Å². The molecule has 1 aliphatic heterocycles. The fourth-order valence-electron chi connectivity index (χ4n) is 2.43. The van der Waals surface area contributed by atoms with Crippen LogP contribution in [0.4, 0.5) is 4.79 Å². The average molecular weight is 257 g/mol. The molecule has 1 heterocycles. The predicted molar refractivity (Wildman–Crippen MR) is 67.6 cm³/mol. The van der Waals surface area contributed by atoms with E-state index in [0.717, 1.165) is 0 Å². The number of piperidine rings is 1. The van der Waals surface area contributed by atoms with E-state index in [0.29, 0.717) is 0 Å². The van der Waals surface area contributed by atoms with Crippen LogP contribution in [0.1, 0.15) is 41.0 Å². The summed E-state index contributed by atoms with van der Waals surface area (Å²) < 4.78 is 5.67. The molecule has 0 saturated carbocycles. The summed E-state index contributed by atoms with van der Waals surface area (Å²) in [5.41, 5.74) is -0.339. The fraction of sp³-hybridized carbons (Fsp3) is 0.846. The number of rotatable bonds is 2. The van der Waals surface area contributed by atoms with Crippen LogP contribution < -0.4 is 0 Å². The van der Waals surface area contributed by atoms with E-state index in [9.17, 15) is 14.7 Å². The SMILES string of the molecule is CC(C)OC1C(=O)CCN(C(=O)O)C1C(C)(C)C. The lowest BCUT2D eigenvalue weighted by atomic mass is 9.78. The van der Waals surface area contributed by atoms with Crippen LogP contribution in [0.15, 0.2) is 0 Å². The summed E-state index contributed by atoms with van der Waals surface area (Å²) in [5, 5.41) is 9.27. The van der Waals surface area contributed by atoms with E-state index in [1.165, 1.54) is 4.90 Å². The first-order valence-electron chi connectivity index (χ1n) is 6.32. The molecule has 5 nitrogen and oxygen atoms in total. The Balaban J connectivity index is 3.07. The van der Waals surface area contributed by atoms with Crippen LogP contribution >= 0.6 is 0 Å². The highest BCUT2D eigenvalue weighted by atomic mass is 16.5. The van der Waals surface area contributed by atoms with Gasteiger partial charge in [-0.25, -0.2) is 4.79 Å². The van der Waals surface area contributed by atoms with E-state index in [1.807, 2.05) is 34.6 Å². The van der Waals surface area contributed by atoms with Crippen molar-refractivity contribution in [3.63, 3.8) is 0 Å². The van der Waals surface area contributed by atoms with Crippen LogP contribution in [0.5, 0.6) is 0 Å². The van der Waals surface area contributed by atoms with Gasteiger partial charge in [0.05, 0.1) is 12.1 Å². The molecule has 1 rings (SSSR count). The zero-order valence-corrected chi connectivity index (χ0v) is 11.8. The van der Waals surface area contributed by atoms with Gasteiger partial charge < -0.3 is 14.7 Å². The van der Waals surface area contributed by atoms with E-state index in [1.54, 1.807) is 0 Å². The molecule has 18 heavy (non-hydrogen) atoms. The van der Waals surface area contributed by atoms with E-state index < -0.39 is 18.2 Å². The summed E-state index contributed by atoms with van der Waals surface area (Å²) in [6.07, 6.45) is -1.51. The lowest BCUT2D eigenvalue weighted by Gasteiger charge is -2.45. The molecule has 5 heteroatoms. The monoisotopic (exact) mass is 257 g/mol. The van der Waals surface area contributed by atoms with Crippen molar-refractivity contribution in [1.82, 2.24) is 4.90 Å². The van der Waals surface area contributed by atoms with E-state index in [4.69, 9.17) is 4.74 Å². The van der Waals surface area contributed by atoms with Crippen LogP contribution in [0.3, 0.4) is 0 Å². The number of hydrogen-bond acceptors (Lipinski definition) is 3. The van der Waals surface area contributed by atoms with Gasteiger partial charge in [-0.3, -0.25) is 4.79 Å². The lowest BCUT2D eigenvalue weighted by molar-refractivity contribution is -0.149. The van der Waals surface area contributed by atoms with Crippen molar-refractivity contribution >= 4 is 11.9 Å². The molecule has 104 valence electrons. The highest BCUT2D eigenvalue weighted by Gasteiger charge is 2.46. The fourth-order valence-corrected chi connectivity index (χ4v) is 2.43. The molecule has 0 aromatic heterocycles. The lowest BCUT2D eigenvalue weighted by Crippen LogP contribution is -2.61. The summed E-state index contributed by atoms with van der Waals surface area (Å²) >= 11 is 0. The van der Waals surface area contributed by atoms with Crippen LogP contribution in [-0.2, 0) is 9.53 Å². The Morgan fingerprint density at radius 2 is 2.00 bits per heavy atom. The summed E-state index contributed by atoms with van der Waals surface area (Å²) in [6.45, 7) is 9.77. The number of Topliss-reactive ketones (excluding diaryl/α,β-unsaturated/α-hetero) is 1. The van der Waals surface area contributed by atoms with Gasteiger partial charge in [0.25, 0.3) is 0 Å². The maximum absolute atomic E-state index is 12.0. The minimum atomic E-state index is -0.986. The normalized spacial score (nSPS) is 25.7. The first kappa shape index (κ1) is 15.0. The van der Waals surface area contributed by atoms with Gasteiger partial charge in [0, 0.05) is 13.0 Å². The number of nitrogens with zero attached hydrogens (tertiary/aromatic N) is 1. The topological polar surface area (TPSA) is 66.8 Å². The quantitative estimate of drug-likeness (QED) is 0.823. The van der Waals surface area contributed by atoms with E-state index >= 15 is 0 Å². The minimum Gasteiger partial charge on any atom is -0.465 e. The van der Waals surface area contributed by atoms with Gasteiger partial charge in [-0.1, -0.05) is 20.8 Å². The number of ketones is 1. The standard InChI is InChI=1S/C13H23NO4/c1-8(2)18-10-9(15)6-7-14(12(16)17)11(10)13(3,4)5/h8,10-11H,6-7H2,1-5H3,(H,16,17). The van der Waals surface area contributed by atoms with E-state index in [-0.39, 0.29) is 30.3 Å². The van der Waals surface area contributed by atoms with Gasteiger partial charge in [-0.05, 0) is 19.3 Å². The molecule has 2 unspecified atom stereocenters. The Kier molecular flexibility index (Phi) is 4.37. The predicted octanol–water partition coefficient (Wildman–Crippen LogP) is 2.15. The molecule has 1 saturated heterocycles. The number of carbonyl (C=O) groups excluding carboxylic acids is 1. The van der Waals surface area contributed by atoms with E-state index in [2.05, 4.69) is 0 Å². The second kappa shape index (κ2) is 5.26. The Morgan fingerprint density at radius 1 is 1.44 bits per heavy atom. The molecule has 1 amide bonds. The molecule has 0 aromatic rings. The maximum Gasteiger partial charge on any atom is 0.407 e. The molecule has 1 N–H and O–H groups in total. The summed E-state index contributed by atoms with van der Waals surface area (Å²) in [4.78, 5) is 24.7.